The number of benzene rings is 1. The zero-order chi connectivity index (χ0) is 14.0. The second-order valence-corrected chi connectivity index (χ2v) is 7.64. The van der Waals surface area contributed by atoms with Crippen molar-refractivity contribution in [1.29, 1.82) is 0 Å². The van der Waals surface area contributed by atoms with Crippen LogP contribution in [0.1, 0.15) is 80.1 Å². The first-order valence-corrected chi connectivity index (χ1v) is 7.45. The Morgan fingerprint density at radius 3 is 2.32 bits per heavy atom. The Kier molecular flexibility index (Phi) is 2.52. The highest BCUT2D eigenvalue weighted by atomic mass is 16.1. The van der Waals surface area contributed by atoms with Gasteiger partial charge in [-0.1, -0.05) is 33.8 Å². The molecule has 0 heterocycles. The molecular weight excluding hydrogens is 232 g/mol. The normalized spacial score (nSPS) is 22.2. The number of carbonyl (C=O) groups is 1. The Morgan fingerprint density at radius 2 is 1.68 bits per heavy atom. The van der Waals surface area contributed by atoms with E-state index in [4.69, 9.17) is 0 Å². The maximum Gasteiger partial charge on any atom is 0.160 e. The van der Waals surface area contributed by atoms with Crippen molar-refractivity contribution in [1.82, 2.24) is 0 Å². The summed E-state index contributed by atoms with van der Waals surface area (Å²) >= 11 is 0. The molecule has 1 heteroatoms. The average Bonchev–Trinajstić information content (AvgIpc) is 2.76. The van der Waals surface area contributed by atoms with Crippen LogP contribution < -0.4 is 0 Å². The number of Topliss-reactive ketones (excluding diaryl/α,β-unsaturated/α-hetero) is 1. The van der Waals surface area contributed by atoms with Crippen molar-refractivity contribution in [3.8, 4) is 0 Å². The van der Waals surface area contributed by atoms with Crippen molar-refractivity contribution in [2.45, 2.75) is 71.1 Å². The van der Waals surface area contributed by atoms with Crippen LogP contribution in [0.3, 0.4) is 0 Å². The van der Waals surface area contributed by atoms with Gasteiger partial charge in [0.1, 0.15) is 0 Å². The van der Waals surface area contributed by atoms with Gasteiger partial charge in [-0.3, -0.25) is 4.79 Å². The molecule has 0 aromatic heterocycles. The molecule has 3 rings (SSSR count). The smallest absolute Gasteiger partial charge is 0.160 e. The molecule has 102 valence electrons. The number of ketones is 1. The highest BCUT2D eigenvalue weighted by Gasteiger charge is 2.40. The average molecular weight is 256 g/mol. The van der Waals surface area contributed by atoms with Crippen molar-refractivity contribution in [2.24, 2.45) is 0 Å². The Morgan fingerprint density at radius 1 is 1.05 bits per heavy atom. The lowest BCUT2D eigenvalue weighted by Gasteiger charge is -2.25. The summed E-state index contributed by atoms with van der Waals surface area (Å²) in [5.74, 6) is 0.265. The largest absolute Gasteiger partial charge is 0.294 e. The van der Waals surface area contributed by atoms with Gasteiger partial charge in [-0.05, 0) is 65.7 Å². The first kappa shape index (κ1) is 12.9. The molecule has 0 spiro atoms. The van der Waals surface area contributed by atoms with Gasteiger partial charge in [0.05, 0.1) is 0 Å². The van der Waals surface area contributed by atoms with Gasteiger partial charge >= 0.3 is 0 Å². The van der Waals surface area contributed by atoms with Crippen LogP contribution in [0.25, 0.3) is 0 Å². The van der Waals surface area contributed by atoms with Crippen molar-refractivity contribution in [2.75, 3.05) is 0 Å². The number of aryl methyl sites for hydroxylation is 1. The SMILES string of the molecule is CC(=O)c1c2c(cc3c1C(C)(C)CC3)C(C)(C)CC2. The topological polar surface area (TPSA) is 17.1 Å². The number of fused-ring (bicyclic) bond motifs is 2. The fourth-order valence-corrected chi connectivity index (χ4v) is 4.15. The second-order valence-electron chi connectivity index (χ2n) is 7.64. The maximum atomic E-state index is 12.3. The van der Waals surface area contributed by atoms with Gasteiger partial charge < -0.3 is 0 Å². The molecule has 19 heavy (non-hydrogen) atoms. The molecule has 0 atom stereocenters. The minimum atomic E-state index is 0.165. The molecule has 2 aliphatic rings. The van der Waals surface area contributed by atoms with Crippen molar-refractivity contribution < 1.29 is 4.79 Å². The maximum absolute atomic E-state index is 12.3. The Bertz CT molecular complexity index is 576. The van der Waals surface area contributed by atoms with Crippen molar-refractivity contribution >= 4 is 5.78 Å². The van der Waals surface area contributed by atoms with E-state index in [2.05, 4.69) is 33.8 Å². The van der Waals surface area contributed by atoms with E-state index in [9.17, 15) is 4.79 Å². The van der Waals surface area contributed by atoms with Crippen molar-refractivity contribution in [3.63, 3.8) is 0 Å². The van der Waals surface area contributed by atoms with E-state index in [-0.39, 0.29) is 16.6 Å². The lowest BCUT2D eigenvalue weighted by Crippen LogP contribution is -2.19. The van der Waals surface area contributed by atoms with Crippen LogP contribution in [-0.2, 0) is 23.7 Å². The predicted molar refractivity (Wildman–Crippen MR) is 79.1 cm³/mol. The van der Waals surface area contributed by atoms with Gasteiger partial charge in [0, 0.05) is 5.56 Å². The van der Waals surface area contributed by atoms with Gasteiger partial charge in [0.2, 0.25) is 0 Å². The van der Waals surface area contributed by atoms with Crippen molar-refractivity contribution in [3.05, 3.63) is 33.9 Å². The predicted octanol–water partition coefficient (Wildman–Crippen LogP) is 4.34. The van der Waals surface area contributed by atoms with E-state index in [1.165, 1.54) is 35.1 Å². The zero-order valence-electron chi connectivity index (χ0n) is 12.8. The van der Waals surface area contributed by atoms with E-state index in [1.54, 1.807) is 6.92 Å². The lowest BCUT2D eigenvalue weighted by atomic mass is 9.78. The van der Waals surface area contributed by atoms with Crippen LogP contribution in [0.4, 0.5) is 0 Å². The lowest BCUT2D eigenvalue weighted by molar-refractivity contribution is 0.101. The summed E-state index contributed by atoms with van der Waals surface area (Å²) in [5.41, 5.74) is 7.06. The van der Waals surface area contributed by atoms with Gasteiger partial charge in [-0.2, -0.15) is 0 Å². The monoisotopic (exact) mass is 256 g/mol. The molecule has 0 aliphatic heterocycles. The minimum Gasteiger partial charge on any atom is -0.294 e. The molecule has 0 saturated carbocycles. The summed E-state index contributed by atoms with van der Waals surface area (Å²) in [6.45, 7) is 11.0. The molecule has 1 aromatic rings. The molecule has 0 fully saturated rings. The van der Waals surface area contributed by atoms with Crippen LogP contribution in [0.15, 0.2) is 6.07 Å². The molecule has 1 nitrogen and oxygen atoms in total. The quantitative estimate of drug-likeness (QED) is 0.683. The summed E-state index contributed by atoms with van der Waals surface area (Å²) in [6, 6.07) is 2.42. The van der Waals surface area contributed by atoms with Crippen LogP contribution in [0.2, 0.25) is 0 Å². The summed E-state index contributed by atoms with van der Waals surface area (Å²) in [7, 11) is 0. The van der Waals surface area contributed by atoms with E-state index in [0.29, 0.717) is 0 Å². The fraction of sp³-hybridized carbons (Fsp3) is 0.611. The van der Waals surface area contributed by atoms with Gasteiger partial charge in [-0.15, -0.1) is 0 Å². The standard InChI is InChI=1S/C18H24O/c1-11(19)15-13-7-9-17(2,3)14(13)10-12-6-8-18(4,5)16(12)15/h10H,6-9H2,1-5H3. The summed E-state index contributed by atoms with van der Waals surface area (Å²) in [4.78, 5) is 12.3. The van der Waals surface area contributed by atoms with Gasteiger partial charge in [-0.25, -0.2) is 0 Å². The third-order valence-electron chi connectivity index (χ3n) is 5.29. The molecule has 0 amide bonds. The number of carbonyl (C=O) groups excluding carboxylic acids is 1. The molecule has 0 bridgehead atoms. The third kappa shape index (κ3) is 1.70. The number of hydrogen-bond acceptors (Lipinski definition) is 1. The molecule has 2 aliphatic carbocycles. The van der Waals surface area contributed by atoms with Crippen LogP contribution in [0, 0.1) is 0 Å². The zero-order valence-corrected chi connectivity index (χ0v) is 12.8. The second kappa shape index (κ2) is 3.71. The minimum absolute atomic E-state index is 0.165. The number of rotatable bonds is 1. The van der Waals surface area contributed by atoms with E-state index >= 15 is 0 Å². The Hall–Kier alpha value is -1.11. The first-order valence-electron chi connectivity index (χ1n) is 7.45. The highest BCUT2D eigenvalue weighted by molar-refractivity contribution is 5.99. The van der Waals surface area contributed by atoms with E-state index < -0.39 is 0 Å². The third-order valence-corrected chi connectivity index (χ3v) is 5.29. The van der Waals surface area contributed by atoms with Crippen LogP contribution in [0.5, 0.6) is 0 Å². The van der Waals surface area contributed by atoms with Crippen LogP contribution >= 0.6 is 0 Å². The first-order chi connectivity index (χ1) is 8.74. The van der Waals surface area contributed by atoms with E-state index in [1.807, 2.05) is 0 Å². The van der Waals surface area contributed by atoms with Gasteiger partial charge in [0.25, 0.3) is 0 Å². The fourth-order valence-electron chi connectivity index (χ4n) is 4.15. The molecule has 0 saturated heterocycles. The van der Waals surface area contributed by atoms with Crippen LogP contribution in [-0.4, -0.2) is 5.78 Å². The molecule has 0 unspecified atom stereocenters. The summed E-state index contributed by atoms with van der Waals surface area (Å²) in [6.07, 6.45) is 4.55. The van der Waals surface area contributed by atoms with E-state index in [0.717, 1.165) is 18.4 Å². The summed E-state index contributed by atoms with van der Waals surface area (Å²) < 4.78 is 0. The summed E-state index contributed by atoms with van der Waals surface area (Å²) in [5, 5.41) is 0. The number of hydrogen-bond donors (Lipinski definition) is 0. The van der Waals surface area contributed by atoms with Gasteiger partial charge in [0.15, 0.2) is 5.78 Å². The molecular formula is C18H24O. The molecule has 1 aromatic carbocycles. The Labute approximate surface area is 116 Å². The highest BCUT2D eigenvalue weighted by Crippen LogP contribution is 2.48. The molecule has 0 radical (unpaired) electrons. The molecule has 0 N–H and O–H groups in total. The Balaban J connectivity index is 2.36.